The molecule has 0 saturated heterocycles. The number of fused-ring (bicyclic) bond motifs is 3. The molecule has 1 aliphatic heterocycles. The number of aliphatic hydroxyl groups is 1. The van der Waals surface area contributed by atoms with Gasteiger partial charge < -0.3 is 5.11 Å². The number of para-hydroxylation sites is 1. The van der Waals surface area contributed by atoms with Crippen LogP contribution in [0.4, 0.5) is 5.69 Å². The molecule has 3 rings (SSSR count). The molecule has 1 heterocycles. The first-order valence-electron chi connectivity index (χ1n) is 4.61. The van der Waals surface area contributed by atoms with Gasteiger partial charge in [-0.15, -0.1) is 0 Å². The van der Waals surface area contributed by atoms with Crippen molar-refractivity contribution in [2.75, 3.05) is 0 Å². The summed E-state index contributed by atoms with van der Waals surface area (Å²) in [6.45, 7) is 0. The van der Waals surface area contributed by atoms with E-state index in [1.165, 1.54) is 5.56 Å². The van der Waals surface area contributed by atoms with E-state index in [0.29, 0.717) is 0 Å². The highest BCUT2D eigenvalue weighted by Crippen LogP contribution is 2.39. The molecule has 0 saturated carbocycles. The molecule has 2 aliphatic rings. The summed E-state index contributed by atoms with van der Waals surface area (Å²) in [5, 5.41) is 9.63. The molecular weight excluding hydrogens is 174 g/mol. The number of benzene rings is 1. The maximum absolute atomic E-state index is 9.63. The first kappa shape index (κ1) is 7.56. The molecule has 0 aromatic heterocycles. The third-order valence-electron chi connectivity index (χ3n) is 2.63. The topological polar surface area (TPSA) is 32.6 Å². The van der Waals surface area contributed by atoms with E-state index in [-0.39, 0.29) is 11.7 Å². The van der Waals surface area contributed by atoms with Crippen LogP contribution in [0.25, 0.3) is 0 Å². The van der Waals surface area contributed by atoms with Gasteiger partial charge in [-0.25, -0.2) is 4.99 Å². The molecule has 1 aromatic rings. The van der Waals surface area contributed by atoms with E-state index in [4.69, 9.17) is 0 Å². The second-order valence-corrected chi connectivity index (χ2v) is 3.47. The van der Waals surface area contributed by atoms with Crippen molar-refractivity contribution in [3.63, 3.8) is 0 Å². The molecule has 2 nitrogen and oxygen atoms in total. The average Bonchev–Trinajstić information content (AvgIpc) is 2.59. The van der Waals surface area contributed by atoms with Crippen LogP contribution in [0, 0.1) is 0 Å². The van der Waals surface area contributed by atoms with Gasteiger partial charge in [-0.05, 0) is 17.7 Å². The van der Waals surface area contributed by atoms with E-state index < -0.39 is 0 Å². The van der Waals surface area contributed by atoms with Gasteiger partial charge in [-0.2, -0.15) is 0 Å². The van der Waals surface area contributed by atoms with Crippen molar-refractivity contribution in [1.82, 2.24) is 0 Å². The minimum Gasteiger partial charge on any atom is -0.506 e. The molecule has 0 amide bonds. The number of allylic oxidation sites excluding steroid dienone is 4. The molecule has 14 heavy (non-hydrogen) atoms. The van der Waals surface area contributed by atoms with Gasteiger partial charge in [0.05, 0.1) is 17.3 Å². The molecule has 68 valence electrons. The van der Waals surface area contributed by atoms with E-state index in [1.54, 1.807) is 6.08 Å². The second kappa shape index (κ2) is 2.58. The van der Waals surface area contributed by atoms with Crippen molar-refractivity contribution >= 4 is 11.4 Å². The molecule has 1 aliphatic carbocycles. The van der Waals surface area contributed by atoms with Gasteiger partial charge in [0, 0.05) is 0 Å². The Labute approximate surface area is 81.9 Å². The lowest BCUT2D eigenvalue weighted by molar-refractivity contribution is 0.440. The third kappa shape index (κ3) is 0.880. The molecule has 0 fully saturated rings. The van der Waals surface area contributed by atoms with Crippen molar-refractivity contribution in [2.45, 2.75) is 5.92 Å². The third-order valence-corrected chi connectivity index (χ3v) is 2.63. The number of aliphatic imine (C=N–C) groups is 1. The Morgan fingerprint density at radius 1 is 1.21 bits per heavy atom. The molecule has 1 unspecified atom stereocenters. The first-order valence-corrected chi connectivity index (χ1v) is 4.61. The monoisotopic (exact) mass is 183 g/mol. The Kier molecular flexibility index (Phi) is 1.39. The minimum atomic E-state index is 0.149. The zero-order chi connectivity index (χ0) is 9.54. The summed E-state index contributed by atoms with van der Waals surface area (Å²) in [6.07, 6.45) is 5.62. The van der Waals surface area contributed by atoms with Gasteiger partial charge in [-0.1, -0.05) is 30.4 Å². The smallest absolute Gasteiger partial charge is 0.137 e. The van der Waals surface area contributed by atoms with Crippen molar-refractivity contribution in [3.05, 3.63) is 53.8 Å². The summed E-state index contributed by atoms with van der Waals surface area (Å²) >= 11 is 0. The van der Waals surface area contributed by atoms with Gasteiger partial charge in [0.2, 0.25) is 0 Å². The number of hydrogen-bond acceptors (Lipinski definition) is 2. The van der Waals surface area contributed by atoms with E-state index in [0.717, 1.165) is 11.4 Å². The van der Waals surface area contributed by atoms with E-state index in [9.17, 15) is 5.11 Å². The Hall–Kier alpha value is -1.83. The van der Waals surface area contributed by atoms with Crippen molar-refractivity contribution in [2.24, 2.45) is 4.99 Å². The fraction of sp³-hybridized carbons (Fsp3) is 0.0833. The van der Waals surface area contributed by atoms with Crippen LogP contribution in [0.3, 0.4) is 0 Å². The van der Waals surface area contributed by atoms with Crippen molar-refractivity contribution in [3.8, 4) is 0 Å². The Balaban J connectivity index is 2.21. The fourth-order valence-corrected chi connectivity index (χ4v) is 1.95. The number of aliphatic hydroxyl groups excluding tert-OH is 1. The lowest BCUT2D eigenvalue weighted by Gasteiger charge is -2.12. The van der Waals surface area contributed by atoms with E-state index >= 15 is 0 Å². The average molecular weight is 183 g/mol. The summed E-state index contributed by atoms with van der Waals surface area (Å²) in [7, 11) is 0. The van der Waals surface area contributed by atoms with Crippen LogP contribution >= 0.6 is 0 Å². The first-order chi connectivity index (χ1) is 6.86. The maximum atomic E-state index is 9.63. The van der Waals surface area contributed by atoms with Gasteiger partial charge in [0.25, 0.3) is 0 Å². The zero-order valence-electron chi connectivity index (χ0n) is 7.51. The van der Waals surface area contributed by atoms with Crippen LogP contribution in [0.15, 0.2) is 53.2 Å². The van der Waals surface area contributed by atoms with Crippen LogP contribution in [0.1, 0.15) is 11.5 Å². The van der Waals surface area contributed by atoms with Crippen LogP contribution in [-0.2, 0) is 0 Å². The molecule has 2 heteroatoms. The zero-order valence-corrected chi connectivity index (χ0v) is 7.51. The maximum Gasteiger partial charge on any atom is 0.137 e. The second-order valence-electron chi connectivity index (χ2n) is 3.47. The molecule has 0 radical (unpaired) electrons. The van der Waals surface area contributed by atoms with Gasteiger partial charge in [0.15, 0.2) is 0 Å². The van der Waals surface area contributed by atoms with Crippen molar-refractivity contribution < 1.29 is 5.11 Å². The van der Waals surface area contributed by atoms with Crippen LogP contribution < -0.4 is 0 Å². The number of rotatable bonds is 0. The Morgan fingerprint density at radius 3 is 3.00 bits per heavy atom. The normalized spacial score (nSPS) is 22.4. The summed E-state index contributed by atoms with van der Waals surface area (Å²) in [5.41, 5.74) is 2.92. The number of nitrogens with zero attached hydrogens (tertiary/aromatic N) is 1. The van der Waals surface area contributed by atoms with Gasteiger partial charge in [-0.3, -0.25) is 0 Å². The van der Waals surface area contributed by atoms with Crippen LogP contribution in [0.2, 0.25) is 0 Å². The summed E-state index contributed by atoms with van der Waals surface area (Å²) < 4.78 is 0. The highest BCUT2D eigenvalue weighted by Gasteiger charge is 2.28. The lowest BCUT2D eigenvalue weighted by atomic mass is 9.92. The van der Waals surface area contributed by atoms with Gasteiger partial charge in [0.1, 0.15) is 5.76 Å². The minimum absolute atomic E-state index is 0.149. The van der Waals surface area contributed by atoms with E-state index in [1.807, 2.05) is 24.3 Å². The largest absolute Gasteiger partial charge is 0.506 e. The lowest BCUT2D eigenvalue weighted by Crippen LogP contribution is -2.11. The SMILES string of the molecule is OC1=CC=CC2C1=Nc1ccccc12. The molecule has 1 aromatic carbocycles. The molecule has 0 bridgehead atoms. The van der Waals surface area contributed by atoms with Crippen LogP contribution in [-0.4, -0.2) is 10.8 Å². The summed E-state index contributed by atoms with van der Waals surface area (Å²) in [5.74, 6) is 0.435. The fourth-order valence-electron chi connectivity index (χ4n) is 1.95. The predicted molar refractivity (Wildman–Crippen MR) is 56.1 cm³/mol. The van der Waals surface area contributed by atoms with E-state index in [2.05, 4.69) is 17.1 Å². The molecule has 0 spiro atoms. The Morgan fingerprint density at radius 2 is 2.07 bits per heavy atom. The highest BCUT2D eigenvalue weighted by atomic mass is 16.3. The summed E-state index contributed by atoms with van der Waals surface area (Å²) in [4.78, 5) is 4.40. The quantitative estimate of drug-likeness (QED) is 0.659. The highest BCUT2D eigenvalue weighted by molar-refractivity contribution is 6.10. The summed E-state index contributed by atoms with van der Waals surface area (Å²) in [6, 6.07) is 7.99. The van der Waals surface area contributed by atoms with Crippen molar-refractivity contribution in [1.29, 1.82) is 0 Å². The molecule has 1 N–H and O–H groups in total. The Bertz CT molecular complexity index is 483. The van der Waals surface area contributed by atoms with Gasteiger partial charge >= 0.3 is 0 Å². The predicted octanol–water partition coefficient (Wildman–Crippen LogP) is 2.87. The molecular formula is C12H9NO. The van der Waals surface area contributed by atoms with Crippen LogP contribution in [0.5, 0.6) is 0 Å². The molecule has 1 atom stereocenters. The standard InChI is InChI=1S/C12H9NO/c14-11-7-3-5-9-8-4-1-2-6-10(8)13-12(9)11/h1-7,9,14H. The number of hydrogen-bond donors (Lipinski definition) is 1.